The van der Waals surface area contributed by atoms with Crippen LogP contribution >= 0.6 is 23.2 Å². The van der Waals surface area contributed by atoms with E-state index in [0.717, 1.165) is 5.56 Å². The van der Waals surface area contributed by atoms with E-state index < -0.39 is 5.97 Å². The second-order valence-corrected chi connectivity index (χ2v) is 4.46. The Morgan fingerprint density at radius 2 is 1.65 bits per heavy atom. The number of carbonyl (C=O) groups is 1. The molecule has 3 nitrogen and oxygen atoms in total. The molecule has 0 saturated heterocycles. The molecule has 0 spiro atoms. The number of carboxylic acid groups (broad SMARTS) is 1. The normalized spacial score (nSPS) is 8.90. The Bertz CT molecular complexity index is 530. The van der Waals surface area contributed by atoms with Crippen molar-refractivity contribution in [2.24, 2.45) is 0 Å². The monoisotopic (exact) mass is 319 g/mol. The summed E-state index contributed by atoms with van der Waals surface area (Å²) in [5.41, 5.74) is 6.70. The maximum absolute atomic E-state index is 10.1. The molecule has 0 unspecified atom stereocenters. The van der Waals surface area contributed by atoms with E-state index in [2.05, 4.69) is 0 Å². The second-order valence-electron chi connectivity index (χ2n) is 3.68. The van der Waals surface area contributed by atoms with Gasteiger partial charge in [0.25, 0.3) is 0 Å². The van der Waals surface area contributed by atoms with E-state index in [4.69, 9.17) is 28.9 Å². The predicted molar refractivity (Wildman–Crippen MR) is 76.0 cm³/mol. The van der Waals surface area contributed by atoms with Crippen LogP contribution in [-0.4, -0.2) is 5.97 Å². The first-order valence-corrected chi connectivity index (χ1v) is 6.19. The number of carboxylic acids is 1. The molecule has 0 atom stereocenters. The Morgan fingerprint density at radius 3 is 2.10 bits per heavy atom. The number of anilines is 1. The summed E-state index contributed by atoms with van der Waals surface area (Å²) in [6.07, 6.45) is 0.000833. The summed E-state index contributed by atoms with van der Waals surface area (Å²) in [5, 5.41) is 11.0. The van der Waals surface area contributed by atoms with Crippen molar-refractivity contribution in [1.29, 1.82) is 0 Å². The molecule has 0 bridgehead atoms. The molecule has 6 heteroatoms. The van der Waals surface area contributed by atoms with Crippen LogP contribution in [0.5, 0.6) is 0 Å². The van der Waals surface area contributed by atoms with Crippen molar-refractivity contribution in [2.75, 3.05) is 5.73 Å². The maximum Gasteiger partial charge on any atom is 1.00 e. The molecular weight excluding hydrogens is 308 g/mol. The van der Waals surface area contributed by atoms with Gasteiger partial charge in [-0.1, -0.05) is 59.6 Å². The molecule has 20 heavy (non-hydrogen) atoms. The van der Waals surface area contributed by atoms with Crippen LogP contribution in [0.3, 0.4) is 0 Å². The van der Waals surface area contributed by atoms with Crippen LogP contribution in [0.4, 0.5) is 5.69 Å². The van der Waals surface area contributed by atoms with Crippen LogP contribution in [0.15, 0.2) is 48.5 Å². The number of benzene rings is 2. The van der Waals surface area contributed by atoms with E-state index in [9.17, 15) is 9.90 Å². The second kappa shape index (κ2) is 10.1. The maximum atomic E-state index is 10.1. The number of aliphatic carboxylic acids is 1. The largest absolute Gasteiger partial charge is 1.00 e. The van der Waals surface area contributed by atoms with E-state index in [1.807, 2.05) is 6.07 Å². The first-order chi connectivity index (χ1) is 9.00. The van der Waals surface area contributed by atoms with Crippen LogP contribution in [0, 0.1) is 0 Å². The van der Waals surface area contributed by atoms with Crippen molar-refractivity contribution in [3.8, 4) is 0 Å². The summed E-state index contributed by atoms with van der Waals surface area (Å²) in [6, 6.07) is 14.1. The number of rotatable bonds is 2. The van der Waals surface area contributed by atoms with Gasteiger partial charge in [0.1, 0.15) is 0 Å². The molecule has 0 aliphatic heterocycles. The molecule has 0 radical (unpaired) electrons. The first kappa shape index (κ1) is 19.3. The van der Waals surface area contributed by atoms with Gasteiger partial charge in [0.15, 0.2) is 0 Å². The van der Waals surface area contributed by atoms with Gasteiger partial charge in [-0.25, -0.2) is 0 Å². The van der Waals surface area contributed by atoms with Gasteiger partial charge in [0.2, 0.25) is 0 Å². The minimum Gasteiger partial charge on any atom is -0.550 e. The summed E-state index contributed by atoms with van der Waals surface area (Å²) >= 11 is 11.2. The molecule has 0 aliphatic carbocycles. The molecule has 2 aromatic carbocycles. The van der Waals surface area contributed by atoms with Crippen molar-refractivity contribution in [3.05, 3.63) is 64.1 Å². The number of nitrogens with two attached hydrogens (primary N) is 1. The minimum atomic E-state index is -1.04. The molecule has 0 saturated carbocycles. The Morgan fingerprint density at radius 1 is 1.05 bits per heavy atom. The van der Waals surface area contributed by atoms with E-state index in [1.165, 1.54) is 0 Å². The number of hydrogen-bond acceptors (Lipinski definition) is 3. The van der Waals surface area contributed by atoms with E-state index in [-0.39, 0.29) is 36.0 Å². The first-order valence-electron chi connectivity index (χ1n) is 5.44. The van der Waals surface area contributed by atoms with E-state index in [0.29, 0.717) is 15.7 Å². The third kappa shape index (κ3) is 7.17. The van der Waals surface area contributed by atoms with Gasteiger partial charge in [-0.3, -0.25) is 0 Å². The van der Waals surface area contributed by atoms with E-state index >= 15 is 0 Å². The fourth-order valence-electron chi connectivity index (χ4n) is 1.28. The molecular formula is C14H12Cl2NNaO2. The fraction of sp³-hybridized carbons (Fsp3) is 0.0714. The number of nitrogen functional groups attached to an aromatic ring is 1. The van der Waals surface area contributed by atoms with Crippen LogP contribution < -0.4 is 40.4 Å². The Kier molecular flexibility index (Phi) is 9.72. The van der Waals surface area contributed by atoms with Gasteiger partial charge in [0, 0.05) is 12.4 Å². The molecule has 0 fully saturated rings. The number of halogens is 2. The fourth-order valence-corrected chi connectivity index (χ4v) is 1.59. The Balaban J connectivity index is 0.000000345. The van der Waals surface area contributed by atoms with Crippen molar-refractivity contribution in [1.82, 2.24) is 0 Å². The molecule has 0 aromatic heterocycles. The number of carbonyl (C=O) groups excluding carboxylic acids is 1. The molecule has 2 N–H and O–H groups in total. The Hall–Kier alpha value is -0.710. The molecule has 0 heterocycles. The SMILES string of the molecule is Nc1cccc(Cl)c1Cl.O=C([O-])Cc1ccccc1.[Na+]. The van der Waals surface area contributed by atoms with Crippen molar-refractivity contribution in [3.63, 3.8) is 0 Å². The van der Waals surface area contributed by atoms with Crippen molar-refractivity contribution < 1.29 is 39.5 Å². The summed E-state index contributed by atoms with van der Waals surface area (Å²) in [7, 11) is 0. The topological polar surface area (TPSA) is 66.2 Å². The van der Waals surface area contributed by atoms with E-state index in [1.54, 1.807) is 42.5 Å². The third-order valence-corrected chi connectivity index (χ3v) is 3.01. The van der Waals surface area contributed by atoms with Crippen LogP contribution in [0.2, 0.25) is 10.0 Å². The molecule has 100 valence electrons. The van der Waals surface area contributed by atoms with Gasteiger partial charge < -0.3 is 15.6 Å². The molecule has 0 amide bonds. The van der Waals surface area contributed by atoms with Crippen LogP contribution in [0.1, 0.15) is 5.56 Å². The average molecular weight is 320 g/mol. The smallest absolute Gasteiger partial charge is 0.550 e. The third-order valence-electron chi connectivity index (χ3n) is 2.17. The standard InChI is InChI=1S/C8H8O2.C6H5Cl2N.Na/c9-8(10)6-7-4-2-1-3-5-7;7-4-2-1-3-5(9)6(4)8;/h1-5H,6H2,(H,9,10);1-3H,9H2;/q;;+1/p-1. The predicted octanol–water partition coefficient (Wildman–Crippen LogP) is -0.441. The molecule has 2 aromatic rings. The van der Waals surface area contributed by atoms with Crippen molar-refractivity contribution in [2.45, 2.75) is 6.42 Å². The number of hydrogen-bond donors (Lipinski definition) is 1. The zero-order valence-corrected chi connectivity index (χ0v) is 14.5. The summed E-state index contributed by atoms with van der Waals surface area (Å²) in [4.78, 5) is 10.1. The average Bonchev–Trinajstić information content (AvgIpc) is 2.37. The molecule has 0 aliphatic rings. The van der Waals surface area contributed by atoms with Gasteiger partial charge in [0.05, 0.1) is 15.7 Å². The Labute approximate surface area is 150 Å². The van der Waals surface area contributed by atoms with Crippen molar-refractivity contribution >= 4 is 34.9 Å². The summed E-state index contributed by atoms with van der Waals surface area (Å²) in [5.74, 6) is -1.04. The van der Waals surface area contributed by atoms with Crippen LogP contribution in [0.25, 0.3) is 0 Å². The summed E-state index contributed by atoms with van der Waals surface area (Å²) < 4.78 is 0. The quantitative estimate of drug-likeness (QED) is 0.603. The van der Waals surface area contributed by atoms with Crippen LogP contribution in [-0.2, 0) is 11.2 Å². The molecule has 2 rings (SSSR count). The minimum absolute atomic E-state index is 0. The van der Waals surface area contributed by atoms with Gasteiger partial charge in [-0.05, 0) is 17.7 Å². The zero-order valence-electron chi connectivity index (χ0n) is 11.0. The summed E-state index contributed by atoms with van der Waals surface area (Å²) in [6.45, 7) is 0. The van der Waals surface area contributed by atoms with Gasteiger partial charge >= 0.3 is 29.6 Å². The zero-order chi connectivity index (χ0) is 14.3. The van der Waals surface area contributed by atoms with Gasteiger partial charge in [-0.2, -0.15) is 0 Å². The van der Waals surface area contributed by atoms with Gasteiger partial charge in [-0.15, -0.1) is 0 Å².